The van der Waals surface area contributed by atoms with Crippen LogP contribution in [0, 0.1) is 11.6 Å². The number of fused-ring (bicyclic) bond motifs is 2. The molecule has 10 rings (SSSR count). The van der Waals surface area contributed by atoms with Gasteiger partial charge >= 0.3 is 12.4 Å². The molecule has 0 amide bonds. The van der Waals surface area contributed by atoms with Crippen molar-refractivity contribution in [3.05, 3.63) is 143 Å². The largest absolute Gasteiger partial charge is 0.493 e. The lowest BCUT2D eigenvalue weighted by Crippen LogP contribution is -2.27. The molecule has 0 saturated carbocycles. The molecule has 2 N–H and O–H groups in total. The lowest BCUT2D eigenvalue weighted by Gasteiger charge is -2.30. The number of benzene rings is 4. The lowest BCUT2D eigenvalue weighted by atomic mass is 9.85. The number of halogens is 8. The van der Waals surface area contributed by atoms with E-state index in [0.717, 1.165) is 49.1 Å². The Morgan fingerprint density at radius 1 is 0.474 bits per heavy atom. The molecular formula is C50H46F8N6O10S2. The van der Waals surface area contributed by atoms with E-state index in [0.29, 0.717) is 87.2 Å². The summed E-state index contributed by atoms with van der Waals surface area (Å²) in [5.41, 5.74) is 0.719. The van der Waals surface area contributed by atoms with Gasteiger partial charge < -0.3 is 28.4 Å². The van der Waals surface area contributed by atoms with Gasteiger partial charge in [0.25, 0.3) is 20.0 Å². The summed E-state index contributed by atoms with van der Waals surface area (Å²) in [6, 6.07) is 15.4. The number of aromatic nitrogens is 4. The molecular weight excluding hydrogens is 1060 g/mol. The zero-order valence-corrected chi connectivity index (χ0v) is 41.4. The number of rotatable bonds is 12. The van der Waals surface area contributed by atoms with Crippen LogP contribution < -0.4 is 28.4 Å². The van der Waals surface area contributed by atoms with Gasteiger partial charge in [0.15, 0.2) is 11.6 Å². The average Bonchev–Trinajstić information content (AvgIpc) is 3.40. The van der Waals surface area contributed by atoms with Crippen LogP contribution in [0.25, 0.3) is 0 Å². The van der Waals surface area contributed by atoms with Gasteiger partial charge in [0.1, 0.15) is 35.2 Å². The predicted octanol–water partition coefficient (Wildman–Crippen LogP) is 9.81. The summed E-state index contributed by atoms with van der Waals surface area (Å²) in [5.74, 6) is -1.99. The number of hydrogen-bond donors (Lipinski definition) is 2. The minimum Gasteiger partial charge on any atom is -0.493 e. The predicted molar refractivity (Wildman–Crippen MR) is 254 cm³/mol. The van der Waals surface area contributed by atoms with E-state index in [1.807, 2.05) is 0 Å². The molecule has 2 atom stereocenters. The van der Waals surface area contributed by atoms with E-state index in [1.54, 1.807) is 12.1 Å². The maximum atomic E-state index is 13.5. The fourth-order valence-corrected chi connectivity index (χ4v) is 10.9. The van der Waals surface area contributed by atoms with Crippen molar-refractivity contribution in [1.82, 2.24) is 19.9 Å². The van der Waals surface area contributed by atoms with Crippen LogP contribution in [-0.4, -0.2) is 88.6 Å². The second kappa shape index (κ2) is 22.4. The van der Waals surface area contributed by atoms with Crippen molar-refractivity contribution in [2.75, 3.05) is 49.1 Å². The molecule has 26 heteroatoms. The van der Waals surface area contributed by atoms with E-state index in [1.165, 1.54) is 36.4 Å². The van der Waals surface area contributed by atoms with Crippen LogP contribution in [-0.2, 0) is 41.9 Å². The van der Waals surface area contributed by atoms with E-state index in [4.69, 9.17) is 28.4 Å². The highest BCUT2D eigenvalue weighted by atomic mass is 32.2. The van der Waals surface area contributed by atoms with Crippen molar-refractivity contribution in [1.29, 1.82) is 0 Å². The van der Waals surface area contributed by atoms with Crippen molar-refractivity contribution in [3.63, 3.8) is 0 Å². The maximum Gasteiger partial charge on any atom is 0.416 e. The third-order valence-corrected chi connectivity index (χ3v) is 15.4. The topological polar surface area (TPSA) is 199 Å². The lowest BCUT2D eigenvalue weighted by molar-refractivity contribution is -0.138. The first-order valence-corrected chi connectivity index (χ1v) is 26.6. The molecule has 0 unspecified atom stereocenters. The molecule has 6 aromatic rings. The molecule has 2 fully saturated rings. The highest BCUT2D eigenvalue weighted by Gasteiger charge is 2.37. The summed E-state index contributed by atoms with van der Waals surface area (Å²) in [5, 5.41) is 0. The van der Waals surface area contributed by atoms with Crippen LogP contribution in [0.3, 0.4) is 0 Å². The van der Waals surface area contributed by atoms with Crippen molar-refractivity contribution < 1.29 is 80.4 Å². The number of hydrogen-bond acceptors (Lipinski definition) is 14. The highest BCUT2D eigenvalue weighted by Crippen LogP contribution is 2.47. The maximum absolute atomic E-state index is 13.5. The van der Waals surface area contributed by atoms with Crippen LogP contribution in [0.4, 0.5) is 47.0 Å². The van der Waals surface area contributed by atoms with Crippen LogP contribution in [0.2, 0.25) is 0 Å². The van der Waals surface area contributed by atoms with E-state index in [9.17, 15) is 52.0 Å². The fourth-order valence-electron chi connectivity index (χ4n) is 8.96. The van der Waals surface area contributed by atoms with E-state index < -0.39 is 55.2 Å². The Balaban J connectivity index is 0.000000186. The van der Waals surface area contributed by atoms with Crippen molar-refractivity contribution in [2.45, 2.75) is 84.7 Å². The molecule has 4 aliphatic rings. The monoisotopic (exact) mass is 1110 g/mol. The van der Waals surface area contributed by atoms with Crippen molar-refractivity contribution in [3.8, 4) is 23.0 Å². The minimum absolute atomic E-state index is 0.136. The minimum atomic E-state index is -4.54. The summed E-state index contributed by atoms with van der Waals surface area (Å²) < 4.78 is 197. The second-order valence-electron chi connectivity index (χ2n) is 17.8. The van der Waals surface area contributed by atoms with Gasteiger partial charge in [0.2, 0.25) is 11.9 Å². The van der Waals surface area contributed by atoms with Gasteiger partial charge in [-0.15, -0.1) is 0 Å². The summed E-state index contributed by atoms with van der Waals surface area (Å²) in [6.45, 7) is 2.29. The average molecular weight is 1110 g/mol. The van der Waals surface area contributed by atoms with Crippen LogP contribution in [0.1, 0.15) is 83.7 Å². The molecule has 404 valence electrons. The quantitative estimate of drug-likeness (QED) is 0.110. The third-order valence-electron chi connectivity index (χ3n) is 12.7. The summed E-state index contributed by atoms with van der Waals surface area (Å²) >= 11 is 0. The van der Waals surface area contributed by atoms with Gasteiger partial charge in [-0.3, -0.25) is 0 Å². The Hall–Kier alpha value is -6.90. The number of alkyl halides is 6. The summed E-state index contributed by atoms with van der Waals surface area (Å²) in [6.07, 6.45) is -3.16. The molecule has 4 aliphatic heterocycles. The molecule has 4 aromatic carbocycles. The number of ether oxygens (including phenoxy) is 6. The molecule has 0 spiro atoms. The molecule has 0 radical (unpaired) electrons. The zero-order chi connectivity index (χ0) is 53.8. The van der Waals surface area contributed by atoms with Gasteiger partial charge in [0, 0.05) is 71.9 Å². The first kappa shape index (κ1) is 53.9. The Morgan fingerprint density at radius 3 is 1.18 bits per heavy atom. The second-order valence-corrected chi connectivity index (χ2v) is 21.2. The molecule has 2 saturated heterocycles. The fraction of sp³-hybridized carbons (Fsp3) is 0.360. The van der Waals surface area contributed by atoms with Crippen LogP contribution in [0.5, 0.6) is 23.0 Å². The smallest absolute Gasteiger partial charge is 0.416 e. The van der Waals surface area contributed by atoms with Gasteiger partial charge in [-0.2, -0.15) is 26.3 Å². The van der Waals surface area contributed by atoms with Crippen LogP contribution in [0.15, 0.2) is 107 Å². The Morgan fingerprint density at radius 2 is 0.829 bits per heavy atom. The number of sulfonamides is 2. The molecule has 0 bridgehead atoms. The normalized spacial score (nSPS) is 18.4. The van der Waals surface area contributed by atoms with Crippen LogP contribution >= 0.6 is 0 Å². The van der Waals surface area contributed by atoms with Gasteiger partial charge in [-0.1, -0.05) is 24.3 Å². The van der Waals surface area contributed by atoms with Gasteiger partial charge in [-0.25, -0.2) is 55.0 Å². The molecule has 76 heavy (non-hydrogen) atoms. The SMILES string of the molecule is O=S(=O)(Nc1ncc(F)cn1)c1ccc2c(c1)OCC[C@@H]2c1ccc(C(F)(F)F)cc1OC1CCOCC1.O=S(=O)(Nc1ncc(F)cn1)c1ccc2c(c1)OCC[C@H]2c1ccc(C(F)(F)F)cc1OC1CCOCC1. The number of nitrogens with zero attached hydrogens (tertiary/aromatic N) is 4. The molecule has 6 heterocycles. The van der Waals surface area contributed by atoms with Gasteiger partial charge in [0.05, 0.1) is 85.3 Å². The number of anilines is 2. The van der Waals surface area contributed by atoms with E-state index in [2.05, 4.69) is 29.4 Å². The first-order valence-electron chi connectivity index (χ1n) is 23.7. The van der Waals surface area contributed by atoms with Crippen molar-refractivity contribution in [2.24, 2.45) is 0 Å². The highest BCUT2D eigenvalue weighted by molar-refractivity contribution is 7.93. The van der Waals surface area contributed by atoms with Crippen molar-refractivity contribution >= 4 is 31.9 Å². The zero-order valence-electron chi connectivity index (χ0n) is 39.7. The molecule has 2 aromatic heterocycles. The van der Waals surface area contributed by atoms with Gasteiger partial charge in [-0.05, 0) is 49.2 Å². The summed E-state index contributed by atoms with van der Waals surface area (Å²) in [4.78, 5) is 14.1. The third kappa shape index (κ3) is 12.8. The van der Waals surface area contributed by atoms with E-state index in [-0.39, 0.29) is 81.9 Å². The summed E-state index contributed by atoms with van der Waals surface area (Å²) in [7, 11) is -8.26. The van der Waals surface area contributed by atoms with E-state index >= 15 is 0 Å². The number of nitrogens with one attached hydrogen (secondary N) is 2. The first-order chi connectivity index (χ1) is 36.2. The molecule has 0 aliphatic carbocycles. The molecule has 16 nitrogen and oxygen atoms in total. The Labute approximate surface area is 430 Å². The standard InChI is InChI=1S/2C25H23F4N3O5S/c2*26-16-13-30-24(31-14-16)32-38(33,34)18-2-4-20-19(7-10-36-22(20)12-18)21-3-1-15(25(27,28)29)11-23(21)37-17-5-8-35-9-6-17/h2*1-4,11-14,17,19H,5-10H2,(H,30,31,32)/t2*19-/m10/s1. The Kier molecular flexibility index (Phi) is 15.9. The Bertz CT molecular complexity index is 3040.